The summed E-state index contributed by atoms with van der Waals surface area (Å²) in [7, 11) is 1.69. The van der Waals surface area contributed by atoms with Crippen LogP contribution in [0.25, 0.3) is 16.8 Å². The summed E-state index contributed by atoms with van der Waals surface area (Å²) in [6, 6.07) is 29.4. The summed E-state index contributed by atoms with van der Waals surface area (Å²) in [5, 5.41) is 2.45. The van der Waals surface area contributed by atoms with E-state index in [1.807, 2.05) is 18.2 Å². The molecule has 2 aliphatic heterocycles. The molecule has 0 spiro atoms. The van der Waals surface area contributed by atoms with Gasteiger partial charge in [0.1, 0.15) is 11.5 Å². The van der Waals surface area contributed by atoms with Crippen molar-refractivity contribution in [3.63, 3.8) is 0 Å². The Hall–Kier alpha value is -3.76. The minimum absolute atomic E-state index is 0.731. The summed E-state index contributed by atoms with van der Waals surface area (Å²) in [6.45, 7) is 3.24. The lowest BCUT2D eigenvalue weighted by atomic mass is 9.83. The third-order valence-electron chi connectivity index (χ3n) is 6.86. The van der Waals surface area contributed by atoms with Gasteiger partial charge in [0.05, 0.1) is 20.3 Å². The molecule has 1 unspecified atom stereocenters. The standard InChI is InChI=1S/C30H27NO3/c1-32-24-13-11-23(12-14-24)30(22-7-3-2-4-8-22)16-15-27-25-9-5-6-10-26(25)28(21-29(27)34-30)31-17-19-33-20-18-31/h2-16,21H,17-20H2,1H3. The molecular formula is C30H27NO3. The van der Waals surface area contributed by atoms with Crippen molar-refractivity contribution >= 4 is 22.5 Å². The third kappa shape index (κ3) is 3.42. The van der Waals surface area contributed by atoms with Crippen LogP contribution in [0.2, 0.25) is 0 Å². The lowest BCUT2D eigenvalue weighted by molar-refractivity contribution is 0.122. The van der Waals surface area contributed by atoms with Crippen LogP contribution in [0, 0.1) is 0 Å². The SMILES string of the molecule is COc1ccc(C2(c3ccccc3)C=Cc3c(cc(N4CCOCC4)c4ccccc34)O2)cc1. The molecule has 2 aliphatic rings. The first-order chi connectivity index (χ1) is 16.8. The van der Waals surface area contributed by atoms with Gasteiger partial charge in [-0.15, -0.1) is 0 Å². The lowest BCUT2D eigenvalue weighted by Gasteiger charge is -2.38. The molecule has 0 bridgehead atoms. The van der Waals surface area contributed by atoms with Crippen LogP contribution in [-0.4, -0.2) is 33.4 Å². The van der Waals surface area contributed by atoms with Crippen LogP contribution in [0.5, 0.6) is 11.5 Å². The maximum atomic E-state index is 7.02. The molecule has 170 valence electrons. The first kappa shape index (κ1) is 20.8. The Bertz CT molecular complexity index is 1340. The molecule has 0 saturated carbocycles. The van der Waals surface area contributed by atoms with Crippen molar-refractivity contribution in [2.24, 2.45) is 0 Å². The number of methoxy groups -OCH3 is 1. The zero-order valence-corrected chi connectivity index (χ0v) is 19.2. The van der Waals surface area contributed by atoms with Crippen LogP contribution in [0.1, 0.15) is 16.7 Å². The molecule has 0 aromatic heterocycles. The van der Waals surface area contributed by atoms with E-state index >= 15 is 0 Å². The van der Waals surface area contributed by atoms with Crippen LogP contribution >= 0.6 is 0 Å². The number of hydrogen-bond acceptors (Lipinski definition) is 4. The molecule has 0 amide bonds. The molecule has 1 fully saturated rings. The highest BCUT2D eigenvalue weighted by Gasteiger charge is 2.38. The molecule has 4 nitrogen and oxygen atoms in total. The van der Waals surface area contributed by atoms with E-state index in [-0.39, 0.29) is 0 Å². The smallest absolute Gasteiger partial charge is 0.178 e. The summed E-state index contributed by atoms with van der Waals surface area (Å²) in [5.41, 5.74) is 3.73. The molecule has 1 saturated heterocycles. The minimum atomic E-state index is -0.731. The van der Waals surface area contributed by atoms with Gasteiger partial charge in [0.2, 0.25) is 0 Å². The maximum absolute atomic E-state index is 7.02. The number of ether oxygens (including phenoxy) is 3. The summed E-state index contributed by atoms with van der Waals surface area (Å²) in [5.74, 6) is 1.72. The summed E-state index contributed by atoms with van der Waals surface area (Å²) < 4.78 is 18.0. The van der Waals surface area contributed by atoms with Gasteiger partial charge in [-0.2, -0.15) is 0 Å². The predicted octanol–water partition coefficient (Wildman–Crippen LogP) is 6.03. The molecule has 4 heteroatoms. The van der Waals surface area contributed by atoms with E-state index in [0.29, 0.717) is 0 Å². The molecule has 34 heavy (non-hydrogen) atoms. The first-order valence-corrected chi connectivity index (χ1v) is 11.8. The molecule has 2 heterocycles. The lowest BCUT2D eigenvalue weighted by Crippen LogP contribution is -2.37. The summed E-state index contributed by atoms with van der Waals surface area (Å²) in [6.07, 6.45) is 4.41. The van der Waals surface area contributed by atoms with Crippen LogP contribution in [0.4, 0.5) is 5.69 Å². The van der Waals surface area contributed by atoms with E-state index in [9.17, 15) is 0 Å². The fraction of sp³-hybridized carbons (Fsp3) is 0.200. The van der Waals surface area contributed by atoms with Crippen LogP contribution in [-0.2, 0) is 10.3 Å². The van der Waals surface area contributed by atoms with Gasteiger partial charge < -0.3 is 19.1 Å². The molecule has 1 atom stereocenters. The third-order valence-corrected chi connectivity index (χ3v) is 6.86. The number of anilines is 1. The molecule has 6 rings (SSSR count). The molecule has 0 aliphatic carbocycles. The van der Waals surface area contributed by atoms with Crippen LogP contribution in [0.3, 0.4) is 0 Å². The highest BCUT2D eigenvalue weighted by atomic mass is 16.5. The topological polar surface area (TPSA) is 30.9 Å². The average Bonchev–Trinajstić information content (AvgIpc) is 2.93. The van der Waals surface area contributed by atoms with Gasteiger partial charge in [0.15, 0.2) is 5.60 Å². The number of hydrogen-bond donors (Lipinski definition) is 0. The maximum Gasteiger partial charge on any atom is 0.178 e. The van der Waals surface area contributed by atoms with Gasteiger partial charge in [-0.1, -0.05) is 66.7 Å². The molecule has 0 N–H and O–H groups in total. The fourth-order valence-corrected chi connectivity index (χ4v) is 5.09. The Kier molecular flexibility index (Phi) is 5.23. The van der Waals surface area contributed by atoms with Gasteiger partial charge >= 0.3 is 0 Å². The van der Waals surface area contributed by atoms with Crippen molar-refractivity contribution in [2.75, 3.05) is 38.3 Å². The van der Waals surface area contributed by atoms with Crippen LogP contribution < -0.4 is 14.4 Å². The monoisotopic (exact) mass is 449 g/mol. The Balaban J connectivity index is 1.54. The molecule has 4 aromatic carbocycles. The highest BCUT2D eigenvalue weighted by molar-refractivity contribution is 6.02. The Labute approximate surface area is 200 Å². The molecule has 4 aromatic rings. The predicted molar refractivity (Wildman–Crippen MR) is 137 cm³/mol. The largest absolute Gasteiger partial charge is 0.497 e. The number of benzene rings is 4. The van der Waals surface area contributed by atoms with Crippen molar-refractivity contribution in [3.05, 3.63) is 108 Å². The first-order valence-electron chi connectivity index (χ1n) is 11.8. The van der Waals surface area contributed by atoms with Gasteiger partial charge in [0, 0.05) is 46.9 Å². The summed E-state index contributed by atoms with van der Waals surface area (Å²) in [4.78, 5) is 2.41. The van der Waals surface area contributed by atoms with E-state index in [1.165, 1.54) is 16.5 Å². The number of nitrogens with zero attached hydrogens (tertiary/aromatic N) is 1. The van der Waals surface area contributed by atoms with Gasteiger partial charge in [-0.3, -0.25) is 0 Å². The Morgan fingerprint density at radius 3 is 2.21 bits per heavy atom. The van der Waals surface area contributed by atoms with E-state index < -0.39 is 5.60 Å². The second-order valence-corrected chi connectivity index (χ2v) is 8.72. The Morgan fingerprint density at radius 2 is 1.47 bits per heavy atom. The molecule has 0 radical (unpaired) electrons. The minimum Gasteiger partial charge on any atom is -0.497 e. The van der Waals surface area contributed by atoms with Crippen molar-refractivity contribution in [1.29, 1.82) is 0 Å². The summed E-state index contributed by atoms with van der Waals surface area (Å²) >= 11 is 0. The zero-order chi connectivity index (χ0) is 23.0. The Morgan fingerprint density at radius 1 is 0.794 bits per heavy atom. The fourth-order valence-electron chi connectivity index (χ4n) is 5.09. The average molecular weight is 450 g/mol. The number of fused-ring (bicyclic) bond motifs is 3. The second kappa shape index (κ2) is 8.54. The van der Waals surface area contributed by atoms with Crippen LogP contribution in [0.15, 0.2) is 91.0 Å². The van der Waals surface area contributed by atoms with Gasteiger partial charge in [0.25, 0.3) is 0 Å². The van der Waals surface area contributed by atoms with E-state index in [1.54, 1.807) is 7.11 Å². The van der Waals surface area contributed by atoms with Gasteiger partial charge in [-0.25, -0.2) is 0 Å². The van der Waals surface area contributed by atoms with Crippen molar-refractivity contribution in [1.82, 2.24) is 0 Å². The van der Waals surface area contributed by atoms with Crippen molar-refractivity contribution in [2.45, 2.75) is 5.60 Å². The van der Waals surface area contributed by atoms with E-state index in [2.05, 4.69) is 83.8 Å². The zero-order valence-electron chi connectivity index (χ0n) is 19.2. The van der Waals surface area contributed by atoms with Crippen molar-refractivity contribution < 1.29 is 14.2 Å². The van der Waals surface area contributed by atoms with E-state index in [0.717, 1.165) is 54.5 Å². The number of morpholine rings is 1. The highest BCUT2D eigenvalue weighted by Crippen LogP contribution is 2.46. The molecular weight excluding hydrogens is 422 g/mol. The number of rotatable bonds is 4. The van der Waals surface area contributed by atoms with E-state index in [4.69, 9.17) is 14.2 Å². The quantitative estimate of drug-likeness (QED) is 0.380. The second-order valence-electron chi connectivity index (χ2n) is 8.72. The normalized spacial score (nSPS) is 19.5. The van der Waals surface area contributed by atoms with Gasteiger partial charge in [-0.05, 0) is 29.7 Å². The van der Waals surface area contributed by atoms with Crippen molar-refractivity contribution in [3.8, 4) is 11.5 Å².